The van der Waals surface area contributed by atoms with Gasteiger partial charge in [-0.15, -0.1) is 0 Å². The molecule has 1 saturated heterocycles. The molecule has 0 bridgehead atoms. The number of carbonyl (C=O) groups excluding carboxylic acids is 2. The highest BCUT2D eigenvalue weighted by molar-refractivity contribution is 5.96. The molecular weight excluding hydrogens is 388 g/mol. The maximum atomic E-state index is 12.5. The number of nitrogens with zero attached hydrogens (tertiary/aromatic N) is 3. The zero-order valence-electron chi connectivity index (χ0n) is 18.1. The molecular formula is C25H30N4O2. The average Bonchev–Trinajstić information content (AvgIpc) is 3.19. The third kappa shape index (κ3) is 5.60. The first kappa shape index (κ1) is 21.3. The minimum Gasteiger partial charge on any atom is -0.325 e. The molecule has 0 unspecified atom stereocenters. The van der Waals surface area contributed by atoms with Crippen molar-refractivity contribution in [2.24, 2.45) is 0 Å². The minimum atomic E-state index is 0.0128. The molecule has 2 heterocycles. The summed E-state index contributed by atoms with van der Waals surface area (Å²) in [7, 11) is 0. The fraction of sp³-hybridized carbons (Fsp3) is 0.360. The summed E-state index contributed by atoms with van der Waals surface area (Å²) in [6.45, 7) is 7.36. The van der Waals surface area contributed by atoms with Gasteiger partial charge in [0.05, 0.1) is 6.54 Å². The Balaban J connectivity index is 1.21. The third-order valence-electron chi connectivity index (χ3n) is 5.94. The van der Waals surface area contributed by atoms with Crippen LogP contribution in [0.3, 0.4) is 0 Å². The zero-order valence-corrected chi connectivity index (χ0v) is 18.1. The molecule has 2 aromatic carbocycles. The number of piperazine rings is 1. The van der Waals surface area contributed by atoms with Crippen LogP contribution in [0.2, 0.25) is 0 Å². The maximum Gasteiger partial charge on any atom is 0.238 e. The summed E-state index contributed by atoms with van der Waals surface area (Å²) >= 11 is 0. The van der Waals surface area contributed by atoms with Crippen molar-refractivity contribution in [3.63, 3.8) is 0 Å². The number of amides is 2. The molecule has 0 aromatic heterocycles. The van der Waals surface area contributed by atoms with Crippen LogP contribution in [0.25, 0.3) is 6.08 Å². The molecule has 6 heteroatoms. The van der Waals surface area contributed by atoms with Crippen molar-refractivity contribution in [2.75, 3.05) is 56.0 Å². The van der Waals surface area contributed by atoms with Crippen LogP contribution in [0, 0.1) is 0 Å². The van der Waals surface area contributed by atoms with E-state index in [2.05, 4.69) is 39.4 Å². The Bertz CT molecular complexity index is 949. The van der Waals surface area contributed by atoms with Gasteiger partial charge in [0.15, 0.2) is 0 Å². The first-order valence-electron chi connectivity index (χ1n) is 11.0. The van der Waals surface area contributed by atoms with Crippen molar-refractivity contribution in [3.05, 3.63) is 65.7 Å². The van der Waals surface area contributed by atoms with Crippen molar-refractivity contribution in [3.8, 4) is 0 Å². The molecule has 0 aliphatic carbocycles. The van der Waals surface area contributed by atoms with Gasteiger partial charge in [-0.05, 0) is 35.7 Å². The predicted molar refractivity (Wildman–Crippen MR) is 125 cm³/mol. The van der Waals surface area contributed by atoms with E-state index in [9.17, 15) is 9.59 Å². The SMILES string of the molecule is CC(=O)N1CCc2cc(NC(=O)CN3CCN(C/C=C/c4ccccc4)CC3)ccc21. The number of nitrogens with one attached hydrogen (secondary N) is 1. The molecule has 2 aliphatic heterocycles. The molecule has 2 amide bonds. The fourth-order valence-electron chi connectivity index (χ4n) is 4.24. The van der Waals surface area contributed by atoms with Gasteiger partial charge in [-0.1, -0.05) is 42.5 Å². The lowest BCUT2D eigenvalue weighted by atomic mass is 10.1. The molecule has 0 atom stereocenters. The van der Waals surface area contributed by atoms with Crippen LogP contribution in [-0.2, 0) is 16.0 Å². The number of hydrogen-bond donors (Lipinski definition) is 1. The van der Waals surface area contributed by atoms with Crippen LogP contribution in [0.5, 0.6) is 0 Å². The molecule has 6 nitrogen and oxygen atoms in total. The first-order valence-corrected chi connectivity index (χ1v) is 11.0. The Morgan fingerprint density at radius 3 is 2.45 bits per heavy atom. The molecule has 2 aromatic rings. The Morgan fingerprint density at radius 2 is 1.71 bits per heavy atom. The highest BCUT2D eigenvalue weighted by atomic mass is 16.2. The second kappa shape index (κ2) is 9.90. The van der Waals surface area contributed by atoms with Crippen molar-refractivity contribution in [1.29, 1.82) is 0 Å². The zero-order chi connectivity index (χ0) is 21.6. The monoisotopic (exact) mass is 418 g/mol. The lowest BCUT2D eigenvalue weighted by molar-refractivity contribution is -0.118. The third-order valence-corrected chi connectivity index (χ3v) is 5.94. The molecule has 2 aliphatic rings. The van der Waals surface area contributed by atoms with Crippen molar-refractivity contribution >= 4 is 29.3 Å². The van der Waals surface area contributed by atoms with Gasteiger partial charge in [0.1, 0.15) is 0 Å². The standard InChI is InChI=1S/C25H30N4O2/c1-20(30)29-13-11-22-18-23(9-10-24(22)29)26-25(31)19-28-16-14-27(15-17-28)12-5-8-21-6-3-2-4-7-21/h2-10,18H,11-17,19H2,1H3,(H,26,31)/b8-5+. The lowest BCUT2D eigenvalue weighted by Gasteiger charge is -2.33. The molecule has 162 valence electrons. The normalized spacial score (nSPS) is 17.1. The van der Waals surface area contributed by atoms with Crippen LogP contribution in [0.4, 0.5) is 11.4 Å². The summed E-state index contributed by atoms with van der Waals surface area (Å²) < 4.78 is 0. The van der Waals surface area contributed by atoms with E-state index in [-0.39, 0.29) is 11.8 Å². The number of fused-ring (bicyclic) bond motifs is 1. The Morgan fingerprint density at radius 1 is 0.968 bits per heavy atom. The van der Waals surface area contributed by atoms with E-state index in [0.29, 0.717) is 13.1 Å². The molecule has 0 radical (unpaired) electrons. The lowest BCUT2D eigenvalue weighted by Crippen LogP contribution is -2.48. The van der Waals surface area contributed by atoms with E-state index in [1.165, 1.54) is 5.56 Å². The Labute approximate surface area is 184 Å². The number of benzene rings is 2. The summed E-state index contributed by atoms with van der Waals surface area (Å²) in [4.78, 5) is 30.6. The topological polar surface area (TPSA) is 55.9 Å². The largest absolute Gasteiger partial charge is 0.325 e. The summed E-state index contributed by atoms with van der Waals surface area (Å²) in [6.07, 6.45) is 5.20. The van der Waals surface area contributed by atoms with Gasteiger partial charge in [0, 0.05) is 57.6 Å². The highest BCUT2D eigenvalue weighted by Gasteiger charge is 2.23. The second-order valence-electron chi connectivity index (χ2n) is 8.20. The maximum absolute atomic E-state index is 12.5. The van der Waals surface area contributed by atoms with Gasteiger partial charge in [-0.2, -0.15) is 0 Å². The van der Waals surface area contributed by atoms with E-state index < -0.39 is 0 Å². The van der Waals surface area contributed by atoms with Crippen molar-refractivity contribution in [1.82, 2.24) is 9.80 Å². The van der Waals surface area contributed by atoms with E-state index >= 15 is 0 Å². The van der Waals surface area contributed by atoms with Crippen LogP contribution >= 0.6 is 0 Å². The van der Waals surface area contributed by atoms with Crippen molar-refractivity contribution < 1.29 is 9.59 Å². The van der Waals surface area contributed by atoms with Gasteiger partial charge in [0.25, 0.3) is 0 Å². The summed E-state index contributed by atoms with van der Waals surface area (Å²) in [5.74, 6) is 0.0732. The molecule has 31 heavy (non-hydrogen) atoms. The molecule has 1 fully saturated rings. The molecule has 0 spiro atoms. The van der Waals surface area contributed by atoms with Crippen LogP contribution < -0.4 is 10.2 Å². The second-order valence-corrected chi connectivity index (χ2v) is 8.20. The minimum absolute atomic E-state index is 0.0128. The van der Waals surface area contributed by atoms with E-state index in [1.54, 1.807) is 11.8 Å². The summed E-state index contributed by atoms with van der Waals surface area (Å²) in [6, 6.07) is 16.1. The number of rotatable bonds is 6. The fourth-order valence-corrected chi connectivity index (χ4v) is 4.24. The highest BCUT2D eigenvalue weighted by Crippen LogP contribution is 2.30. The smallest absolute Gasteiger partial charge is 0.238 e. The van der Waals surface area contributed by atoms with Gasteiger partial charge in [-0.25, -0.2) is 0 Å². The van der Waals surface area contributed by atoms with Crippen molar-refractivity contribution in [2.45, 2.75) is 13.3 Å². The van der Waals surface area contributed by atoms with Crippen LogP contribution in [0.15, 0.2) is 54.6 Å². The average molecular weight is 419 g/mol. The van der Waals surface area contributed by atoms with Gasteiger partial charge >= 0.3 is 0 Å². The van der Waals surface area contributed by atoms with Crippen LogP contribution in [0.1, 0.15) is 18.1 Å². The van der Waals surface area contributed by atoms with E-state index in [1.807, 2.05) is 36.4 Å². The Kier molecular flexibility index (Phi) is 6.79. The van der Waals surface area contributed by atoms with E-state index in [0.717, 1.165) is 56.1 Å². The first-order chi connectivity index (χ1) is 15.1. The Hall–Kier alpha value is -2.96. The summed E-state index contributed by atoms with van der Waals surface area (Å²) in [5.41, 5.74) is 4.10. The van der Waals surface area contributed by atoms with Gasteiger partial charge < -0.3 is 10.2 Å². The van der Waals surface area contributed by atoms with E-state index in [4.69, 9.17) is 0 Å². The van der Waals surface area contributed by atoms with Crippen LogP contribution in [-0.4, -0.2) is 67.4 Å². The number of hydrogen-bond acceptors (Lipinski definition) is 4. The van der Waals surface area contributed by atoms with Gasteiger partial charge in [-0.3, -0.25) is 19.4 Å². The molecule has 4 rings (SSSR count). The van der Waals surface area contributed by atoms with Gasteiger partial charge in [0.2, 0.25) is 11.8 Å². The molecule has 1 N–H and O–H groups in total. The summed E-state index contributed by atoms with van der Waals surface area (Å²) in [5, 5.41) is 3.02. The predicted octanol–water partition coefficient (Wildman–Crippen LogP) is 2.87. The number of carbonyl (C=O) groups is 2. The molecule has 0 saturated carbocycles. The number of anilines is 2. The quantitative estimate of drug-likeness (QED) is 0.784.